The van der Waals surface area contributed by atoms with Crippen LogP contribution in [0.1, 0.15) is 5.56 Å². The zero-order valence-electron chi connectivity index (χ0n) is 8.90. The average Bonchev–Trinajstić information content (AvgIpc) is 2.26. The Morgan fingerprint density at radius 3 is 2.94 bits per heavy atom. The van der Waals surface area contributed by atoms with Gasteiger partial charge in [-0.2, -0.15) is 11.8 Å². The monoisotopic (exact) mass is 260 g/mol. The number of non-ortho nitro benzene ring substituents is 1. The quantitative estimate of drug-likeness (QED) is 0.485. The summed E-state index contributed by atoms with van der Waals surface area (Å²) in [5.74, 6) is 1.01. The van der Waals surface area contributed by atoms with Gasteiger partial charge < -0.3 is 5.32 Å². The van der Waals surface area contributed by atoms with E-state index >= 15 is 0 Å². The van der Waals surface area contributed by atoms with Crippen molar-refractivity contribution in [3.63, 3.8) is 0 Å². The molecule has 0 saturated carbocycles. The molecule has 0 heterocycles. The molecule has 0 amide bonds. The fourth-order valence-corrected chi connectivity index (χ4v) is 1.74. The van der Waals surface area contributed by atoms with Crippen LogP contribution in [0.2, 0.25) is 5.02 Å². The summed E-state index contributed by atoms with van der Waals surface area (Å²) in [7, 11) is 0. The predicted molar refractivity (Wildman–Crippen MR) is 68.2 cm³/mol. The van der Waals surface area contributed by atoms with E-state index in [0.29, 0.717) is 11.6 Å². The maximum absolute atomic E-state index is 10.6. The molecule has 16 heavy (non-hydrogen) atoms. The van der Waals surface area contributed by atoms with Crippen LogP contribution in [0.4, 0.5) is 5.69 Å². The molecule has 0 spiro atoms. The van der Waals surface area contributed by atoms with Gasteiger partial charge in [0.1, 0.15) is 0 Å². The first-order chi connectivity index (χ1) is 7.65. The molecule has 0 saturated heterocycles. The van der Waals surface area contributed by atoms with Crippen LogP contribution in [-0.2, 0) is 6.54 Å². The van der Waals surface area contributed by atoms with Crippen molar-refractivity contribution in [3.8, 4) is 0 Å². The van der Waals surface area contributed by atoms with E-state index in [1.807, 2.05) is 6.26 Å². The fraction of sp³-hybridized carbons (Fsp3) is 0.400. The molecule has 1 aromatic rings. The molecule has 88 valence electrons. The minimum atomic E-state index is -0.415. The van der Waals surface area contributed by atoms with Crippen molar-refractivity contribution in [2.24, 2.45) is 0 Å². The molecular formula is C10H13ClN2O2S. The number of nitro benzene ring substituents is 1. The summed E-state index contributed by atoms with van der Waals surface area (Å²) in [6.45, 7) is 1.42. The van der Waals surface area contributed by atoms with Gasteiger partial charge in [0.2, 0.25) is 0 Å². The Bertz CT molecular complexity index is 374. The zero-order chi connectivity index (χ0) is 12.0. The van der Waals surface area contributed by atoms with Crippen LogP contribution in [0.3, 0.4) is 0 Å². The number of nitrogens with one attached hydrogen (secondary N) is 1. The second-order valence-electron chi connectivity index (χ2n) is 3.20. The number of nitrogens with zero attached hydrogens (tertiary/aromatic N) is 1. The largest absolute Gasteiger partial charge is 0.312 e. The third-order valence-corrected chi connectivity index (χ3v) is 3.02. The summed E-state index contributed by atoms with van der Waals surface area (Å²) < 4.78 is 0. The van der Waals surface area contributed by atoms with E-state index in [1.54, 1.807) is 17.8 Å². The van der Waals surface area contributed by atoms with Crippen LogP contribution >= 0.6 is 23.4 Å². The van der Waals surface area contributed by atoms with Crippen LogP contribution in [-0.4, -0.2) is 23.5 Å². The SMILES string of the molecule is CSCCNCc1cc([N+](=O)[O-])ccc1Cl. The molecule has 1 rings (SSSR count). The number of nitro groups is 1. The molecule has 0 aromatic heterocycles. The normalized spacial score (nSPS) is 10.4. The van der Waals surface area contributed by atoms with Crippen LogP contribution in [0.15, 0.2) is 18.2 Å². The lowest BCUT2D eigenvalue weighted by Gasteiger charge is -2.05. The number of benzene rings is 1. The maximum atomic E-state index is 10.6. The highest BCUT2D eigenvalue weighted by atomic mass is 35.5. The van der Waals surface area contributed by atoms with Gasteiger partial charge in [-0.25, -0.2) is 0 Å². The number of thioether (sulfide) groups is 1. The van der Waals surface area contributed by atoms with Crippen molar-refractivity contribution >= 4 is 29.1 Å². The first-order valence-corrected chi connectivity index (χ1v) is 6.55. The Labute approximate surface area is 104 Å². The third-order valence-electron chi connectivity index (χ3n) is 2.04. The molecule has 0 atom stereocenters. The van der Waals surface area contributed by atoms with Crippen molar-refractivity contribution in [2.75, 3.05) is 18.6 Å². The Balaban J connectivity index is 2.63. The van der Waals surface area contributed by atoms with Gasteiger partial charge in [0.05, 0.1) is 4.92 Å². The standard InChI is InChI=1S/C10H13ClN2O2S/c1-16-5-4-12-7-8-6-9(13(14)15)2-3-10(8)11/h2-3,6,12H,4-5,7H2,1H3. The summed E-state index contributed by atoms with van der Waals surface area (Å²) in [6, 6.07) is 4.48. The van der Waals surface area contributed by atoms with Crippen LogP contribution < -0.4 is 5.32 Å². The van der Waals surface area contributed by atoms with Gasteiger partial charge in [0.15, 0.2) is 0 Å². The van der Waals surface area contributed by atoms with Gasteiger partial charge in [-0.1, -0.05) is 11.6 Å². The van der Waals surface area contributed by atoms with Gasteiger partial charge in [-0.15, -0.1) is 0 Å². The molecule has 0 aliphatic heterocycles. The number of halogens is 1. The number of rotatable bonds is 6. The summed E-state index contributed by atoms with van der Waals surface area (Å²) in [6.07, 6.45) is 2.03. The maximum Gasteiger partial charge on any atom is 0.269 e. The van der Waals surface area contributed by atoms with E-state index in [-0.39, 0.29) is 5.69 Å². The molecule has 0 bridgehead atoms. The highest BCUT2D eigenvalue weighted by Gasteiger charge is 2.08. The first-order valence-electron chi connectivity index (χ1n) is 4.77. The molecule has 0 fully saturated rings. The lowest BCUT2D eigenvalue weighted by Crippen LogP contribution is -2.16. The Hall–Kier alpha value is -0.780. The molecule has 1 N–H and O–H groups in total. The van der Waals surface area contributed by atoms with Crippen molar-refractivity contribution in [1.29, 1.82) is 0 Å². The predicted octanol–water partition coefficient (Wildman–Crippen LogP) is 2.70. The van der Waals surface area contributed by atoms with Crippen molar-refractivity contribution in [1.82, 2.24) is 5.32 Å². The smallest absolute Gasteiger partial charge is 0.269 e. The second-order valence-corrected chi connectivity index (χ2v) is 4.60. The van der Waals surface area contributed by atoms with Gasteiger partial charge in [-0.3, -0.25) is 10.1 Å². The number of hydrogen-bond donors (Lipinski definition) is 1. The molecule has 6 heteroatoms. The minimum absolute atomic E-state index is 0.0751. The highest BCUT2D eigenvalue weighted by molar-refractivity contribution is 7.98. The van der Waals surface area contributed by atoms with E-state index < -0.39 is 4.92 Å². The van der Waals surface area contributed by atoms with Crippen molar-refractivity contribution in [3.05, 3.63) is 38.9 Å². The molecular weight excluding hydrogens is 248 g/mol. The second kappa shape index (κ2) is 6.73. The van der Waals surface area contributed by atoms with E-state index in [1.165, 1.54) is 12.1 Å². The minimum Gasteiger partial charge on any atom is -0.312 e. The van der Waals surface area contributed by atoms with Gasteiger partial charge in [-0.05, 0) is 17.9 Å². The van der Waals surface area contributed by atoms with Crippen LogP contribution in [0, 0.1) is 10.1 Å². The lowest BCUT2D eigenvalue weighted by atomic mass is 10.2. The van der Waals surface area contributed by atoms with Crippen LogP contribution in [0.5, 0.6) is 0 Å². The average molecular weight is 261 g/mol. The molecule has 0 radical (unpaired) electrons. The molecule has 4 nitrogen and oxygen atoms in total. The fourth-order valence-electron chi connectivity index (χ4n) is 1.21. The summed E-state index contributed by atoms with van der Waals surface area (Å²) in [4.78, 5) is 10.2. The zero-order valence-corrected chi connectivity index (χ0v) is 10.5. The molecule has 0 aliphatic rings. The lowest BCUT2D eigenvalue weighted by molar-refractivity contribution is -0.384. The molecule has 1 aromatic carbocycles. The van der Waals surface area contributed by atoms with Gasteiger partial charge in [0.25, 0.3) is 5.69 Å². The molecule has 0 unspecified atom stereocenters. The van der Waals surface area contributed by atoms with E-state index in [0.717, 1.165) is 17.9 Å². The van der Waals surface area contributed by atoms with Crippen molar-refractivity contribution < 1.29 is 4.92 Å². The van der Waals surface area contributed by atoms with E-state index in [9.17, 15) is 10.1 Å². The molecule has 0 aliphatic carbocycles. The summed E-state index contributed by atoms with van der Waals surface area (Å²) in [5, 5.41) is 14.3. The van der Waals surface area contributed by atoms with E-state index in [4.69, 9.17) is 11.6 Å². The Morgan fingerprint density at radius 2 is 2.31 bits per heavy atom. The number of hydrogen-bond acceptors (Lipinski definition) is 4. The Morgan fingerprint density at radius 1 is 1.56 bits per heavy atom. The first kappa shape index (κ1) is 13.3. The van der Waals surface area contributed by atoms with Crippen molar-refractivity contribution in [2.45, 2.75) is 6.54 Å². The van der Waals surface area contributed by atoms with Gasteiger partial charge in [0, 0.05) is 36.0 Å². The summed E-state index contributed by atoms with van der Waals surface area (Å²) >= 11 is 7.69. The summed E-state index contributed by atoms with van der Waals surface area (Å²) in [5.41, 5.74) is 0.836. The van der Waals surface area contributed by atoms with Gasteiger partial charge >= 0.3 is 0 Å². The third kappa shape index (κ3) is 4.00. The Kier molecular flexibility index (Phi) is 5.59. The topological polar surface area (TPSA) is 55.2 Å². The highest BCUT2D eigenvalue weighted by Crippen LogP contribution is 2.21. The van der Waals surface area contributed by atoms with E-state index in [2.05, 4.69) is 5.32 Å². The van der Waals surface area contributed by atoms with Crippen LogP contribution in [0.25, 0.3) is 0 Å².